The Labute approximate surface area is 156 Å². The van der Waals surface area contributed by atoms with E-state index in [2.05, 4.69) is 21.0 Å². The minimum atomic E-state index is -0.267. The van der Waals surface area contributed by atoms with Crippen LogP contribution in [-0.4, -0.2) is 15.7 Å². The maximum Gasteiger partial charge on any atom is 0.175 e. The van der Waals surface area contributed by atoms with Crippen molar-refractivity contribution in [3.05, 3.63) is 87.4 Å². The molecule has 0 atom stereocenters. The summed E-state index contributed by atoms with van der Waals surface area (Å²) < 4.78 is 13.9. The normalized spacial score (nSPS) is 12.4. The Morgan fingerprint density at radius 3 is 2.58 bits per heavy atom. The molecule has 6 heteroatoms. The van der Waals surface area contributed by atoms with Crippen LogP contribution in [0.15, 0.2) is 59.9 Å². The molecule has 0 saturated carbocycles. The summed E-state index contributed by atoms with van der Waals surface area (Å²) in [5, 5.41) is 0. The average Bonchev–Trinajstić information content (AvgIpc) is 2.98. The van der Waals surface area contributed by atoms with E-state index in [1.54, 1.807) is 54.1 Å². The van der Waals surface area contributed by atoms with Crippen LogP contribution in [-0.2, 0) is 6.54 Å². The van der Waals surface area contributed by atoms with Gasteiger partial charge in [0.15, 0.2) is 5.82 Å². The molecule has 0 spiro atoms. The molecule has 3 aromatic rings. The van der Waals surface area contributed by atoms with Crippen LogP contribution in [0.25, 0.3) is 5.70 Å². The number of nitrogens with zero attached hydrogens (tertiary/aromatic N) is 3. The highest BCUT2D eigenvalue weighted by molar-refractivity contribution is 7.12. The number of aromatic nitrogens is 2. The molecule has 0 aliphatic rings. The number of aryl methyl sites for hydroxylation is 2. The van der Waals surface area contributed by atoms with Crippen molar-refractivity contribution >= 4 is 22.7 Å². The summed E-state index contributed by atoms with van der Waals surface area (Å²) in [6.45, 7) is 4.31. The van der Waals surface area contributed by atoms with E-state index in [4.69, 9.17) is 5.73 Å². The molecule has 4 nitrogen and oxygen atoms in total. The van der Waals surface area contributed by atoms with Gasteiger partial charge in [-0.1, -0.05) is 18.2 Å². The van der Waals surface area contributed by atoms with Gasteiger partial charge in [0.2, 0.25) is 0 Å². The van der Waals surface area contributed by atoms with Gasteiger partial charge in [0.1, 0.15) is 5.82 Å². The molecular formula is C20H19FN4S. The van der Waals surface area contributed by atoms with E-state index in [-0.39, 0.29) is 12.4 Å². The number of nitrogens with two attached hydrogens (primary N) is 1. The molecule has 0 aliphatic carbocycles. The number of rotatable bonds is 5. The van der Waals surface area contributed by atoms with Gasteiger partial charge in [-0.15, -0.1) is 11.3 Å². The van der Waals surface area contributed by atoms with Gasteiger partial charge >= 0.3 is 0 Å². The predicted molar refractivity (Wildman–Crippen MR) is 105 cm³/mol. The maximum atomic E-state index is 13.9. The molecule has 2 N–H and O–H groups in total. The van der Waals surface area contributed by atoms with E-state index in [0.717, 1.165) is 10.4 Å². The summed E-state index contributed by atoms with van der Waals surface area (Å²) in [5.74, 6) is 0.174. The standard InChI is InChI=1S/C20H19FN4S/c1-13-10-16(14(2)26-13)19(11-18(22)20-23-8-5-9-24-20)25-12-15-6-3-4-7-17(15)21/h3-11H,12,22H2,1-2H3. The monoisotopic (exact) mass is 366 g/mol. The quantitative estimate of drug-likeness (QED) is 0.685. The zero-order valence-electron chi connectivity index (χ0n) is 14.6. The number of aliphatic imine (C=N–C) groups is 1. The van der Waals surface area contributed by atoms with Crippen molar-refractivity contribution in [2.24, 2.45) is 10.7 Å². The van der Waals surface area contributed by atoms with Crippen LogP contribution in [0.4, 0.5) is 4.39 Å². The van der Waals surface area contributed by atoms with Gasteiger partial charge in [0.25, 0.3) is 0 Å². The first-order valence-corrected chi connectivity index (χ1v) is 8.96. The fourth-order valence-electron chi connectivity index (χ4n) is 2.55. The largest absolute Gasteiger partial charge is 0.396 e. The first-order valence-electron chi connectivity index (χ1n) is 8.14. The fourth-order valence-corrected chi connectivity index (χ4v) is 3.48. The van der Waals surface area contributed by atoms with E-state index in [0.29, 0.717) is 22.8 Å². The lowest BCUT2D eigenvalue weighted by molar-refractivity contribution is 0.611. The first-order chi connectivity index (χ1) is 12.5. The lowest BCUT2D eigenvalue weighted by atomic mass is 10.1. The van der Waals surface area contributed by atoms with E-state index in [1.165, 1.54) is 10.9 Å². The summed E-state index contributed by atoms with van der Waals surface area (Å²) in [7, 11) is 0. The molecule has 0 aliphatic heterocycles. The number of allylic oxidation sites excluding steroid dienone is 1. The molecule has 26 heavy (non-hydrogen) atoms. The van der Waals surface area contributed by atoms with Gasteiger partial charge in [-0.25, -0.2) is 14.4 Å². The number of thiophene rings is 1. The molecule has 2 heterocycles. The fraction of sp³-hybridized carbons (Fsp3) is 0.150. The summed E-state index contributed by atoms with van der Waals surface area (Å²) in [6, 6.07) is 10.4. The van der Waals surface area contributed by atoms with Crippen molar-refractivity contribution < 1.29 is 4.39 Å². The van der Waals surface area contributed by atoms with Crippen LogP contribution in [0.1, 0.15) is 26.7 Å². The third-order valence-corrected chi connectivity index (χ3v) is 4.78. The Morgan fingerprint density at radius 1 is 1.19 bits per heavy atom. The van der Waals surface area contributed by atoms with Crippen molar-refractivity contribution in [1.29, 1.82) is 0 Å². The number of benzene rings is 1. The molecule has 1 aromatic carbocycles. The minimum Gasteiger partial charge on any atom is -0.396 e. The van der Waals surface area contributed by atoms with Gasteiger partial charge in [0, 0.05) is 33.3 Å². The summed E-state index contributed by atoms with van der Waals surface area (Å²) in [5.41, 5.74) is 8.81. The van der Waals surface area contributed by atoms with Gasteiger partial charge < -0.3 is 5.73 Å². The zero-order chi connectivity index (χ0) is 18.5. The van der Waals surface area contributed by atoms with Crippen molar-refractivity contribution in [2.75, 3.05) is 0 Å². The van der Waals surface area contributed by atoms with Crippen LogP contribution in [0.2, 0.25) is 0 Å². The highest BCUT2D eigenvalue weighted by atomic mass is 32.1. The van der Waals surface area contributed by atoms with E-state index in [9.17, 15) is 4.39 Å². The SMILES string of the molecule is Cc1cc(C(C=C(N)c2ncccn2)=NCc2ccccc2F)c(C)s1. The summed E-state index contributed by atoms with van der Waals surface area (Å²) >= 11 is 1.69. The Kier molecular flexibility index (Phi) is 5.53. The van der Waals surface area contributed by atoms with Crippen LogP contribution < -0.4 is 5.73 Å². The first kappa shape index (κ1) is 17.9. The minimum absolute atomic E-state index is 0.232. The second kappa shape index (κ2) is 8.01. The topological polar surface area (TPSA) is 64.2 Å². The third-order valence-electron chi connectivity index (χ3n) is 3.81. The summed E-state index contributed by atoms with van der Waals surface area (Å²) in [4.78, 5) is 15.3. The predicted octanol–water partition coefficient (Wildman–Crippen LogP) is 4.28. The molecule has 3 rings (SSSR count). The summed E-state index contributed by atoms with van der Waals surface area (Å²) in [6.07, 6.45) is 5.03. The van der Waals surface area contributed by atoms with Crippen LogP contribution >= 0.6 is 11.3 Å². The molecule has 2 aromatic heterocycles. The van der Waals surface area contributed by atoms with Crippen LogP contribution in [0, 0.1) is 19.7 Å². The molecule has 0 amide bonds. The molecule has 132 valence electrons. The van der Waals surface area contributed by atoms with Gasteiger partial charge in [0.05, 0.1) is 18.0 Å². The second-order valence-corrected chi connectivity index (χ2v) is 7.25. The lowest BCUT2D eigenvalue weighted by Gasteiger charge is -2.05. The second-order valence-electron chi connectivity index (χ2n) is 5.79. The van der Waals surface area contributed by atoms with Gasteiger partial charge in [-0.3, -0.25) is 4.99 Å². The van der Waals surface area contributed by atoms with Crippen molar-refractivity contribution in [3.63, 3.8) is 0 Å². The highest BCUT2D eigenvalue weighted by Crippen LogP contribution is 2.23. The van der Waals surface area contributed by atoms with Gasteiger partial charge in [-0.05, 0) is 38.1 Å². The lowest BCUT2D eigenvalue weighted by Crippen LogP contribution is -2.07. The van der Waals surface area contributed by atoms with E-state index in [1.807, 2.05) is 13.8 Å². The smallest absolute Gasteiger partial charge is 0.175 e. The zero-order valence-corrected chi connectivity index (χ0v) is 15.4. The average molecular weight is 366 g/mol. The van der Waals surface area contributed by atoms with Crippen molar-refractivity contribution in [3.8, 4) is 0 Å². The highest BCUT2D eigenvalue weighted by Gasteiger charge is 2.11. The number of hydrogen-bond donors (Lipinski definition) is 1. The molecule has 0 saturated heterocycles. The molecular weight excluding hydrogens is 347 g/mol. The van der Waals surface area contributed by atoms with Crippen LogP contribution in [0.3, 0.4) is 0 Å². The van der Waals surface area contributed by atoms with Crippen molar-refractivity contribution in [2.45, 2.75) is 20.4 Å². The van der Waals surface area contributed by atoms with Gasteiger partial charge in [-0.2, -0.15) is 0 Å². The molecule has 0 bridgehead atoms. The maximum absolute atomic E-state index is 13.9. The Morgan fingerprint density at radius 2 is 1.92 bits per heavy atom. The third kappa shape index (κ3) is 4.21. The number of halogens is 1. The van der Waals surface area contributed by atoms with Crippen molar-refractivity contribution in [1.82, 2.24) is 9.97 Å². The molecule has 0 fully saturated rings. The number of hydrogen-bond acceptors (Lipinski definition) is 5. The van der Waals surface area contributed by atoms with E-state index < -0.39 is 0 Å². The Bertz CT molecular complexity index is 961. The van der Waals surface area contributed by atoms with Crippen LogP contribution in [0.5, 0.6) is 0 Å². The Hall–Kier alpha value is -2.86. The van der Waals surface area contributed by atoms with E-state index >= 15 is 0 Å². The molecule has 0 radical (unpaired) electrons. The molecule has 0 unspecified atom stereocenters. The Balaban J connectivity index is 2.01.